The first kappa shape index (κ1) is 14.4. The summed E-state index contributed by atoms with van der Waals surface area (Å²) in [5.41, 5.74) is 1.18. The highest BCUT2D eigenvalue weighted by molar-refractivity contribution is 9.10. The van der Waals surface area contributed by atoms with Gasteiger partial charge < -0.3 is 5.11 Å². The van der Waals surface area contributed by atoms with Gasteiger partial charge in [-0.2, -0.15) is 0 Å². The lowest BCUT2D eigenvalue weighted by Crippen LogP contribution is -1.97. The average Bonchev–Trinajstić information content (AvgIpc) is 2.39. The quantitative estimate of drug-likeness (QED) is 0.646. The molecule has 0 aliphatic heterocycles. The minimum absolute atomic E-state index is 0.252. The number of benzene rings is 1. The van der Waals surface area contributed by atoms with Crippen LogP contribution < -0.4 is 0 Å². The molecule has 19 heavy (non-hydrogen) atoms. The van der Waals surface area contributed by atoms with Gasteiger partial charge in [-0.15, -0.1) is 11.8 Å². The Labute approximate surface area is 128 Å². The number of rotatable bonds is 4. The van der Waals surface area contributed by atoms with Crippen molar-refractivity contribution < 1.29 is 9.90 Å². The van der Waals surface area contributed by atoms with E-state index in [0.29, 0.717) is 15.4 Å². The first-order valence-electron chi connectivity index (χ1n) is 5.33. The summed E-state index contributed by atoms with van der Waals surface area (Å²) in [5, 5.41) is 9.53. The fourth-order valence-electron chi connectivity index (χ4n) is 1.45. The summed E-state index contributed by atoms with van der Waals surface area (Å²) in [7, 11) is 0. The van der Waals surface area contributed by atoms with Gasteiger partial charge in [-0.1, -0.05) is 17.7 Å². The molecule has 0 atom stereocenters. The Bertz CT molecular complexity index is 621. The molecule has 0 fully saturated rings. The molecule has 0 spiro atoms. The zero-order chi connectivity index (χ0) is 13.8. The van der Waals surface area contributed by atoms with Gasteiger partial charge in [0, 0.05) is 21.3 Å². The van der Waals surface area contributed by atoms with E-state index in [1.807, 2.05) is 18.2 Å². The van der Waals surface area contributed by atoms with E-state index < -0.39 is 5.97 Å². The predicted molar refractivity (Wildman–Crippen MR) is 79.9 cm³/mol. The molecule has 1 heterocycles. The van der Waals surface area contributed by atoms with E-state index >= 15 is 0 Å². The van der Waals surface area contributed by atoms with Crippen molar-refractivity contribution >= 4 is 45.3 Å². The highest BCUT2D eigenvalue weighted by atomic mass is 79.9. The number of carboxylic acids is 1. The molecule has 0 aliphatic rings. The molecule has 0 unspecified atom stereocenters. The highest BCUT2D eigenvalue weighted by Gasteiger charge is 2.09. The minimum atomic E-state index is -0.950. The molecule has 0 saturated carbocycles. The van der Waals surface area contributed by atoms with Crippen LogP contribution in [0.4, 0.5) is 0 Å². The standard InChI is InChI=1S/C13H9BrClNO2S/c14-11-4-3-9(6-10(11)13(17)18)19-7-8-2-1-5-16-12(8)15/h1-6H,7H2,(H,17,18). The predicted octanol–water partition coefficient (Wildman–Crippen LogP) is 4.49. The van der Waals surface area contributed by atoms with Gasteiger partial charge in [-0.3, -0.25) is 0 Å². The topological polar surface area (TPSA) is 50.2 Å². The second-order valence-corrected chi connectivity index (χ2v) is 5.95. The second kappa shape index (κ2) is 6.41. The zero-order valence-corrected chi connectivity index (χ0v) is 12.8. The Morgan fingerprint density at radius 1 is 1.42 bits per heavy atom. The molecular formula is C13H9BrClNO2S. The molecule has 0 bridgehead atoms. The van der Waals surface area contributed by atoms with Crippen molar-refractivity contribution in [3.63, 3.8) is 0 Å². The second-order valence-electron chi connectivity index (χ2n) is 3.69. The third kappa shape index (κ3) is 3.72. The molecular weight excluding hydrogens is 350 g/mol. The van der Waals surface area contributed by atoms with Gasteiger partial charge in [0.1, 0.15) is 5.15 Å². The highest BCUT2D eigenvalue weighted by Crippen LogP contribution is 2.28. The Hall–Kier alpha value is -1.04. The summed E-state index contributed by atoms with van der Waals surface area (Å²) in [6, 6.07) is 8.97. The van der Waals surface area contributed by atoms with Gasteiger partial charge in [0.25, 0.3) is 0 Å². The molecule has 98 valence electrons. The van der Waals surface area contributed by atoms with Crippen LogP contribution in [-0.2, 0) is 5.75 Å². The molecule has 6 heteroatoms. The van der Waals surface area contributed by atoms with Crippen molar-refractivity contribution in [2.45, 2.75) is 10.6 Å². The number of halogens is 2. The first-order chi connectivity index (χ1) is 9.08. The summed E-state index contributed by atoms with van der Waals surface area (Å²) in [6.45, 7) is 0. The largest absolute Gasteiger partial charge is 0.478 e. The van der Waals surface area contributed by atoms with Crippen LogP contribution in [0.1, 0.15) is 15.9 Å². The molecule has 1 N–H and O–H groups in total. The molecule has 0 aliphatic carbocycles. The monoisotopic (exact) mass is 357 g/mol. The summed E-state index contributed by atoms with van der Waals surface area (Å²) < 4.78 is 0.573. The lowest BCUT2D eigenvalue weighted by molar-refractivity contribution is 0.0695. The van der Waals surface area contributed by atoms with E-state index in [1.165, 1.54) is 11.8 Å². The fourth-order valence-corrected chi connectivity index (χ4v) is 3.05. The van der Waals surface area contributed by atoms with Crippen LogP contribution in [0.25, 0.3) is 0 Å². The van der Waals surface area contributed by atoms with Crippen LogP contribution in [0.2, 0.25) is 5.15 Å². The third-order valence-corrected chi connectivity index (χ3v) is 4.47. The van der Waals surface area contributed by atoms with Gasteiger partial charge in [0.15, 0.2) is 0 Å². The van der Waals surface area contributed by atoms with Crippen molar-refractivity contribution in [2.75, 3.05) is 0 Å². The van der Waals surface area contributed by atoms with Gasteiger partial charge in [0.2, 0.25) is 0 Å². The lowest BCUT2D eigenvalue weighted by Gasteiger charge is -2.05. The van der Waals surface area contributed by atoms with Crippen LogP contribution in [0, 0.1) is 0 Å². The first-order valence-corrected chi connectivity index (χ1v) is 7.48. The maximum atomic E-state index is 11.0. The van der Waals surface area contributed by atoms with Crippen LogP contribution in [-0.4, -0.2) is 16.1 Å². The van der Waals surface area contributed by atoms with Crippen LogP contribution >= 0.6 is 39.3 Å². The van der Waals surface area contributed by atoms with E-state index in [4.69, 9.17) is 16.7 Å². The van der Waals surface area contributed by atoms with Gasteiger partial charge in [0.05, 0.1) is 5.56 Å². The SMILES string of the molecule is O=C(O)c1cc(SCc2cccnc2Cl)ccc1Br. The normalized spacial score (nSPS) is 10.4. The summed E-state index contributed by atoms with van der Waals surface area (Å²) in [4.78, 5) is 15.9. The van der Waals surface area contributed by atoms with E-state index in [0.717, 1.165) is 10.5 Å². The number of hydrogen-bond acceptors (Lipinski definition) is 3. The van der Waals surface area contributed by atoms with E-state index in [2.05, 4.69) is 20.9 Å². The van der Waals surface area contributed by atoms with E-state index in [9.17, 15) is 4.79 Å². The van der Waals surface area contributed by atoms with Gasteiger partial charge in [-0.25, -0.2) is 9.78 Å². The lowest BCUT2D eigenvalue weighted by atomic mass is 10.2. The van der Waals surface area contributed by atoms with Crippen molar-refractivity contribution in [3.05, 3.63) is 57.3 Å². The molecule has 2 aromatic rings. The molecule has 0 amide bonds. The fraction of sp³-hybridized carbons (Fsp3) is 0.0769. The van der Waals surface area contributed by atoms with Crippen molar-refractivity contribution in [1.29, 1.82) is 0 Å². The van der Waals surface area contributed by atoms with E-state index in [-0.39, 0.29) is 5.56 Å². The van der Waals surface area contributed by atoms with Crippen LogP contribution in [0.5, 0.6) is 0 Å². The number of carboxylic acid groups (broad SMARTS) is 1. The third-order valence-electron chi connectivity index (χ3n) is 2.40. The minimum Gasteiger partial charge on any atom is -0.478 e. The summed E-state index contributed by atoms with van der Waals surface area (Å²) >= 11 is 10.7. The zero-order valence-electron chi connectivity index (χ0n) is 9.64. The molecule has 2 rings (SSSR count). The van der Waals surface area contributed by atoms with Gasteiger partial charge >= 0.3 is 5.97 Å². The number of thioether (sulfide) groups is 1. The molecule has 1 aromatic heterocycles. The Kier molecular flexibility index (Phi) is 4.85. The number of aromatic carboxylic acids is 1. The molecule has 0 radical (unpaired) electrons. The number of aromatic nitrogens is 1. The number of nitrogens with zero attached hydrogens (tertiary/aromatic N) is 1. The Balaban J connectivity index is 2.14. The number of pyridine rings is 1. The maximum absolute atomic E-state index is 11.0. The van der Waals surface area contributed by atoms with Crippen molar-refractivity contribution in [3.8, 4) is 0 Å². The van der Waals surface area contributed by atoms with Gasteiger partial charge in [-0.05, 0) is 45.8 Å². The smallest absolute Gasteiger partial charge is 0.336 e. The van der Waals surface area contributed by atoms with Crippen molar-refractivity contribution in [2.24, 2.45) is 0 Å². The van der Waals surface area contributed by atoms with Crippen molar-refractivity contribution in [1.82, 2.24) is 4.98 Å². The molecule has 0 saturated heterocycles. The molecule has 1 aromatic carbocycles. The number of carbonyl (C=O) groups is 1. The van der Waals surface area contributed by atoms with E-state index in [1.54, 1.807) is 18.3 Å². The Morgan fingerprint density at radius 2 is 2.21 bits per heavy atom. The summed E-state index contributed by atoms with van der Waals surface area (Å²) in [5.74, 6) is -0.304. The van der Waals surface area contributed by atoms with Crippen LogP contribution in [0.15, 0.2) is 45.9 Å². The number of hydrogen-bond donors (Lipinski definition) is 1. The maximum Gasteiger partial charge on any atom is 0.336 e. The summed E-state index contributed by atoms with van der Waals surface area (Å²) in [6.07, 6.45) is 1.64. The average molecular weight is 359 g/mol. The van der Waals surface area contributed by atoms with Crippen LogP contribution in [0.3, 0.4) is 0 Å². The Morgan fingerprint density at radius 3 is 2.89 bits per heavy atom. The molecule has 3 nitrogen and oxygen atoms in total.